The van der Waals surface area contributed by atoms with Gasteiger partial charge in [-0.2, -0.15) is 0 Å². The molecule has 1 aromatic carbocycles. The molecule has 6 nitrogen and oxygen atoms in total. The van der Waals surface area contributed by atoms with Crippen molar-refractivity contribution < 1.29 is 13.2 Å². The lowest BCUT2D eigenvalue weighted by molar-refractivity contribution is 0.1000. The fourth-order valence-electron chi connectivity index (χ4n) is 1.81. The van der Waals surface area contributed by atoms with Gasteiger partial charge in [0.05, 0.1) is 5.69 Å². The van der Waals surface area contributed by atoms with Crippen LogP contribution in [0.4, 0.5) is 5.69 Å². The molecule has 0 saturated carbocycles. The maximum absolute atomic E-state index is 12.4. The number of primary amides is 1. The van der Waals surface area contributed by atoms with E-state index in [1.54, 1.807) is 0 Å². The van der Waals surface area contributed by atoms with Crippen LogP contribution in [0.1, 0.15) is 36.5 Å². The number of nitrogen functional groups attached to an aromatic ring is 1. The maximum atomic E-state index is 12.4. The highest BCUT2D eigenvalue weighted by Gasteiger charge is 2.23. The minimum atomic E-state index is -3.64. The lowest BCUT2D eigenvalue weighted by atomic mass is 10.2. The Hall–Kier alpha value is -1.60. The molecule has 0 bridgehead atoms. The molecule has 112 valence electrons. The van der Waals surface area contributed by atoms with Crippen LogP contribution < -0.4 is 11.5 Å². The van der Waals surface area contributed by atoms with E-state index in [0.717, 1.165) is 19.3 Å². The number of carbonyl (C=O) groups is 1. The predicted octanol–water partition coefficient (Wildman–Crippen LogP) is 1.18. The molecule has 0 atom stereocenters. The molecule has 1 aromatic rings. The number of rotatable bonds is 7. The van der Waals surface area contributed by atoms with Gasteiger partial charge in [-0.3, -0.25) is 4.79 Å². The fraction of sp³-hybridized carbons (Fsp3) is 0.462. The number of hydrogen-bond donors (Lipinski definition) is 2. The molecule has 0 heterocycles. The van der Waals surface area contributed by atoms with Crippen LogP contribution in [-0.2, 0) is 10.0 Å². The van der Waals surface area contributed by atoms with Crippen LogP contribution in [0, 0.1) is 0 Å². The summed E-state index contributed by atoms with van der Waals surface area (Å²) in [5.74, 6) is -0.642. The third-order valence-corrected chi connectivity index (χ3v) is 4.99. The van der Waals surface area contributed by atoms with Gasteiger partial charge in [0.15, 0.2) is 0 Å². The quantitative estimate of drug-likeness (QED) is 0.582. The van der Waals surface area contributed by atoms with Crippen molar-refractivity contribution in [2.75, 3.05) is 19.3 Å². The number of nitrogens with zero attached hydrogens (tertiary/aromatic N) is 1. The van der Waals surface area contributed by atoms with Gasteiger partial charge in [0.2, 0.25) is 15.9 Å². The van der Waals surface area contributed by atoms with Crippen LogP contribution in [0.15, 0.2) is 23.1 Å². The van der Waals surface area contributed by atoms with Crippen molar-refractivity contribution in [1.82, 2.24) is 4.31 Å². The summed E-state index contributed by atoms with van der Waals surface area (Å²) in [6.45, 7) is 2.49. The van der Waals surface area contributed by atoms with Crippen LogP contribution >= 0.6 is 0 Å². The van der Waals surface area contributed by atoms with Crippen molar-refractivity contribution in [2.45, 2.75) is 31.1 Å². The van der Waals surface area contributed by atoms with E-state index < -0.39 is 15.9 Å². The monoisotopic (exact) mass is 299 g/mol. The summed E-state index contributed by atoms with van der Waals surface area (Å²) in [6, 6.07) is 3.97. The molecule has 0 fully saturated rings. The van der Waals surface area contributed by atoms with Gasteiger partial charge in [-0.05, 0) is 24.6 Å². The number of hydrogen-bond acceptors (Lipinski definition) is 4. The molecular weight excluding hydrogens is 278 g/mol. The van der Waals surface area contributed by atoms with Gasteiger partial charge in [-0.15, -0.1) is 0 Å². The number of carbonyl (C=O) groups excluding carboxylic acids is 1. The number of unbranched alkanes of at least 4 members (excludes halogenated alkanes) is 2. The van der Waals surface area contributed by atoms with E-state index in [1.807, 2.05) is 0 Å². The number of amides is 1. The normalized spacial score (nSPS) is 11.8. The SMILES string of the molecule is CCCCCN(C)S(=O)(=O)c1ccc(C(N)=O)cc1N. The predicted molar refractivity (Wildman–Crippen MR) is 78.7 cm³/mol. The van der Waals surface area contributed by atoms with Crippen LogP contribution in [0.2, 0.25) is 0 Å². The standard InChI is InChI=1S/C13H21N3O3S/c1-3-4-5-8-16(2)20(18,19)12-7-6-10(13(15)17)9-11(12)14/h6-7,9H,3-5,8,14H2,1-2H3,(H2,15,17). The Morgan fingerprint density at radius 1 is 1.30 bits per heavy atom. The molecule has 0 spiro atoms. The van der Waals surface area contributed by atoms with E-state index in [4.69, 9.17) is 11.5 Å². The molecule has 0 aliphatic rings. The van der Waals surface area contributed by atoms with Crippen molar-refractivity contribution in [2.24, 2.45) is 5.73 Å². The van der Waals surface area contributed by atoms with Crippen molar-refractivity contribution in [1.29, 1.82) is 0 Å². The summed E-state index contributed by atoms with van der Waals surface area (Å²) >= 11 is 0. The molecule has 1 rings (SSSR count). The average Bonchev–Trinajstić information content (AvgIpc) is 2.38. The summed E-state index contributed by atoms with van der Waals surface area (Å²) < 4.78 is 26.0. The largest absolute Gasteiger partial charge is 0.398 e. The first-order valence-corrected chi connectivity index (χ1v) is 7.90. The molecule has 0 radical (unpaired) electrons. The molecule has 20 heavy (non-hydrogen) atoms. The van der Waals surface area contributed by atoms with Crippen LogP contribution in [0.25, 0.3) is 0 Å². The molecule has 0 aromatic heterocycles. The van der Waals surface area contributed by atoms with Gasteiger partial charge in [-0.25, -0.2) is 12.7 Å². The molecule has 0 aliphatic carbocycles. The van der Waals surface area contributed by atoms with E-state index in [0.29, 0.717) is 6.54 Å². The molecule has 7 heteroatoms. The third kappa shape index (κ3) is 3.71. The van der Waals surface area contributed by atoms with Gasteiger partial charge in [0, 0.05) is 19.2 Å². The van der Waals surface area contributed by atoms with Crippen molar-refractivity contribution in [3.05, 3.63) is 23.8 Å². The zero-order valence-electron chi connectivity index (χ0n) is 11.8. The summed E-state index contributed by atoms with van der Waals surface area (Å²) in [4.78, 5) is 11.0. The molecule has 4 N–H and O–H groups in total. The Kier molecular flexibility index (Phi) is 5.52. The van der Waals surface area contributed by atoms with Gasteiger partial charge in [-0.1, -0.05) is 19.8 Å². The van der Waals surface area contributed by atoms with E-state index in [1.165, 1.54) is 29.6 Å². The topological polar surface area (TPSA) is 106 Å². The van der Waals surface area contributed by atoms with Gasteiger partial charge >= 0.3 is 0 Å². The van der Waals surface area contributed by atoms with Crippen molar-refractivity contribution >= 4 is 21.6 Å². The minimum Gasteiger partial charge on any atom is -0.398 e. The van der Waals surface area contributed by atoms with Gasteiger partial charge in [0.25, 0.3) is 0 Å². The first-order chi connectivity index (χ1) is 9.30. The number of nitrogens with two attached hydrogens (primary N) is 2. The van der Waals surface area contributed by atoms with E-state index in [-0.39, 0.29) is 16.1 Å². The Labute approximate surface area is 119 Å². The Bertz CT molecular complexity index is 585. The number of sulfonamides is 1. The maximum Gasteiger partial charge on any atom is 0.248 e. The fourth-order valence-corrected chi connectivity index (χ4v) is 3.11. The van der Waals surface area contributed by atoms with E-state index in [2.05, 4.69) is 6.92 Å². The molecule has 0 aliphatic heterocycles. The summed E-state index contributed by atoms with van der Waals surface area (Å²) in [5, 5.41) is 0. The Morgan fingerprint density at radius 3 is 2.45 bits per heavy atom. The first kappa shape index (κ1) is 16.5. The summed E-state index contributed by atoms with van der Waals surface area (Å²) in [7, 11) is -2.12. The molecule has 0 saturated heterocycles. The highest BCUT2D eigenvalue weighted by Crippen LogP contribution is 2.23. The molecular formula is C13H21N3O3S. The highest BCUT2D eigenvalue weighted by atomic mass is 32.2. The number of benzene rings is 1. The molecule has 0 unspecified atom stereocenters. The highest BCUT2D eigenvalue weighted by molar-refractivity contribution is 7.89. The lowest BCUT2D eigenvalue weighted by Gasteiger charge is -2.18. The van der Waals surface area contributed by atoms with Crippen molar-refractivity contribution in [3.8, 4) is 0 Å². The molecule has 1 amide bonds. The Morgan fingerprint density at radius 2 is 1.95 bits per heavy atom. The van der Waals surface area contributed by atoms with Crippen molar-refractivity contribution in [3.63, 3.8) is 0 Å². The Balaban J connectivity index is 3.00. The van der Waals surface area contributed by atoms with Crippen LogP contribution in [0.3, 0.4) is 0 Å². The second-order valence-electron chi connectivity index (χ2n) is 4.65. The van der Waals surface area contributed by atoms with E-state index >= 15 is 0 Å². The smallest absolute Gasteiger partial charge is 0.248 e. The second-order valence-corrected chi connectivity index (χ2v) is 6.66. The first-order valence-electron chi connectivity index (χ1n) is 6.46. The second kappa shape index (κ2) is 6.71. The van der Waals surface area contributed by atoms with Crippen LogP contribution in [-0.4, -0.2) is 32.2 Å². The van der Waals surface area contributed by atoms with E-state index in [9.17, 15) is 13.2 Å². The summed E-state index contributed by atoms with van der Waals surface area (Å²) in [5.41, 5.74) is 11.1. The zero-order chi connectivity index (χ0) is 15.3. The lowest BCUT2D eigenvalue weighted by Crippen LogP contribution is -2.28. The summed E-state index contributed by atoms with van der Waals surface area (Å²) in [6.07, 6.45) is 2.78. The van der Waals surface area contributed by atoms with Gasteiger partial charge in [0.1, 0.15) is 4.90 Å². The number of anilines is 1. The minimum absolute atomic E-state index is 0.00139. The third-order valence-electron chi connectivity index (χ3n) is 3.06. The van der Waals surface area contributed by atoms with Crippen LogP contribution in [0.5, 0.6) is 0 Å². The van der Waals surface area contributed by atoms with Gasteiger partial charge < -0.3 is 11.5 Å². The zero-order valence-corrected chi connectivity index (χ0v) is 12.6. The average molecular weight is 299 g/mol.